The van der Waals surface area contributed by atoms with Gasteiger partial charge >= 0.3 is 0 Å². The summed E-state index contributed by atoms with van der Waals surface area (Å²) >= 11 is 0. The average molecular weight is 232 g/mol. The zero-order valence-electron chi connectivity index (χ0n) is 10.5. The molecular weight excluding hydrogens is 210 g/mol. The summed E-state index contributed by atoms with van der Waals surface area (Å²) in [4.78, 5) is 5.95. The van der Waals surface area contributed by atoms with Gasteiger partial charge in [0.15, 0.2) is 6.10 Å². The first-order valence-electron chi connectivity index (χ1n) is 5.66. The number of nitrogens with zero attached hydrogens (tertiary/aromatic N) is 3. The molecule has 0 saturated carbocycles. The van der Waals surface area contributed by atoms with Gasteiger partial charge in [0.05, 0.1) is 25.3 Å². The second kappa shape index (κ2) is 5.34. The van der Waals surface area contributed by atoms with Crippen molar-refractivity contribution in [1.29, 1.82) is 0 Å². The van der Waals surface area contributed by atoms with Crippen LogP contribution in [0, 0.1) is 0 Å². The highest BCUT2D eigenvalue weighted by molar-refractivity contribution is 4.66. The molecule has 0 aromatic rings. The van der Waals surface area contributed by atoms with E-state index in [1.807, 2.05) is 27.7 Å². The van der Waals surface area contributed by atoms with Crippen LogP contribution < -0.4 is 0 Å². The molecule has 16 heavy (non-hydrogen) atoms. The Kier molecular flexibility index (Phi) is 4.35. The molecule has 0 spiro atoms. The number of hydrogen-bond acceptors (Lipinski definition) is 3. The first-order chi connectivity index (χ1) is 7.45. The first kappa shape index (κ1) is 13.0. The van der Waals surface area contributed by atoms with Crippen molar-refractivity contribution in [3.05, 3.63) is 0 Å². The van der Waals surface area contributed by atoms with E-state index in [0.29, 0.717) is 19.8 Å². The monoisotopic (exact) mass is 232 g/mol. The third-order valence-electron chi connectivity index (χ3n) is 2.45. The molecule has 0 radical (unpaired) electrons. The second-order valence-electron chi connectivity index (χ2n) is 4.83. The minimum Gasteiger partial charge on any atom is -0.377 e. The first-order valence-corrected chi connectivity index (χ1v) is 5.66. The van der Waals surface area contributed by atoms with Crippen LogP contribution in [0.2, 0.25) is 0 Å². The van der Waals surface area contributed by atoms with E-state index in [9.17, 15) is 5.21 Å². The highest BCUT2D eigenvalue weighted by Crippen LogP contribution is 2.13. The minimum atomic E-state index is -0.206. The third-order valence-corrected chi connectivity index (χ3v) is 2.45. The summed E-state index contributed by atoms with van der Waals surface area (Å²) in [5.41, 5.74) is -0.206. The van der Waals surface area contributed by atoms with Gasteiger partial charge in [-0.1, -0.05) is 0 Å². The van der Waals surface area contributed by atoms with Gasteiger partial charge in [0, 0.05) is 6.42 Å². The number of rotatable bonds is 4. The molecular formula is C10H22N3O3+. The van der Waals surface area contributed by atoms with E-state index in [4.69, 9.17) is 9.57 Å². The number of hydrazine groups is 1. The smallest absolute Gasteiger partial charge is 0.274 e. The van der Waals surface area contributed by atoms with Crippen molar-refractivity contribution in [2.24, 2.45) is 5.28 Å². The maximum Gasteiger partial charge on any atom is 0.274 e. The molecule has 0 bridgehead atoms. The molecule has 94 valence electrons. The van der Waals surface area contributed by atoms with Crippen LogP contribution in [0.4, 0.5) is 0 Å². The molecule has 1 aliphatic rings. The molecule has 1 heterocycles. The molecule has 0 aromatic carbocycles. The lowest BCUT2D eigenvalue weighted by Gasteiger charge is -2.24. The van der Waals surface area contributed by atoms with Crippen molar-refractivity contribution >= 4 is 0 Å². The van der Waals surface area contributed by atoms with Crippen LogP contribution in [0.5, 0.6) is 0 Å². The third kappa shape index (κ3) is 3.52. The summed E-state index contributed by atoms with van der Waals surface area (Å²) < 4.78 is 5.14. The van der Waals surface area contributed by atoms with E-state index >= 15 is 0 Å². The molecule has 1 aliphatic heterocycles. The standard InChI is InChI=1S/C10H22N3O3/c1-5-12(10(2,3)4)13(14)11-16-9-6-7-15-8-9/h9H,5-8H2,1-4H3,(H,11,14)/q+1/t9-/m1/s1. The van der Waals surface area contributed by atoms with Crippen molar-refractivity contribution in [2.75, 3.05) is 19.8 Å². The molecule has 1 saturated heterocycles. The SMILES string of the molecule is CCN(/[N+](O)=N/O[C@@H]1CCOC1)C(C)(C)C. The van der Waals surface area contributed by atoms with Gasteiger partial charge in [-0.25, -0.2) is 5.21 Å². The summed E-state index contributed by atoms with van der Waals surface area (Å²) in [5, 5.41) is 15.1. The average Bonchev–Trinajstić information content (AvgIpc) is 2.65. The Bertz CT molecular complexity index is 244. The Balaban J connectivity index is 2.52. The minimum absolute atomic E-state index is 0.0478. The zero-order valence-corrected chi connectivity index (χ0v) is 10.5. The Morgan fingerprint density at radius 2 is 2.25 bits per heavy atom. The Hall–Kier alpha value is -1.04. The summed E-state index contributed by atoms with van der Waals surface area (Å²) in [6.45, 7) is 9.81. The lowest BCUT2D eigenvalue weighted by molar-refractivity contribution is -0.949. The van der Waals surface area contributed by atoms with Crippen LogP contribution in [-0.4, -0.2) is 46.6 Å². The fourth-order valence-electron chi connectivity index (χ4n) is 1.62. The van der Waals surface area contributed by atoms with E-state index in [-0.39, 0.29) is 11.6 Å². The Labute approximate surface area is 96.3 Å². The van der Waals surface area contributed by atoms with Crippen molar-refractivity contribution in [2.45, 2.75) is 45.8 Å². The normalized spacial score (nSPS) is 22.2. The molecule has 1 atom stereocenters. The quantitative estimate of drug-likeness (QED) is 0.454. The summed E-state index contributed by atoms with van der Waals surface area (Å²) in [6, 6.07) is 0. The Morgan fingerprint density at radius 3 is 2.69 bits per heavy atom. The summed E-state index contributed by atoms with van der Waals surface area (Å²) in [6.07, 6.45) is 0.771. The van der Waals surface area contributed by atoms with E-state index in [0.717, 1.165) is 11.4 Å². The molecule has 6 heteroatoms. The van der Waals surface area contributed by atoms with Crippen LogP contribution >= 0.6 is 0 Å². The van der Waals surface area contributed by atoms with Gasteiger partial charge < -0.3 is 9.57 Å². The maximum absolute atomic E-state index is 9.73. The number of hydrogen-bond donors (Lipinski definition) is 1. The molecule has 1 fully saturated rings. The highest BCUT2D eigenvalue weighted by Gasteiger charge is 2.31. The predicted octanol–water partition coefficient (Wildman–Crippen LogP) is 1.60. The molecule has 1 N–H and O–H groups in total. The fourth-order valence-corrected chi connectivity index (χ4v) is 1.62. The van der Waals surface area contributed by atoms with Crippen molar-refractivity contribution in [3.8, 4) is 0 Å². The van der Waals surface area contributed by atoms with Gasteiger partial charge in [0.2, 0.25) is 0 Å². The van der Waals surface area contributed by atoms with Crippen LogP contribution in [0.3, 0.4) is 0 Å². The Morgan fingerprint density at radius 1 is 1.56 bits per heavy atom. The molecule has 6 nitrogen and oxygen atoms in total. The second-order valence-corrected chi connectivity index (χ2v) is 4.83. The van der Waals surface area contributed by atoms with E-state index in [2.05, 4.69) is 5.28 Å². The lowest BCUT2D eigenvalue weighted by atomic mass is 10.1. The zero-order chi connectivity index (χ0) is 12.2. The van der Waals surface area contributed by atoms with E-state index in [1.165, 1.54) is 0 Å². The van der Waals surface area contributed by atoms with Gasteiger partial charge in [-0.3, -0.25) is 0 Å². The van der Waals surface area contributed by atoms with Gasteiger partial charge in [-0.15, -0.1) is 5.01 Å². The van der Waals surface area contributed by atoms with Crippen molar-refractivity contribution in [3.63, 3.8) is 0 Å². The lowest BCUT2D eigenvalue weighted by Crippen LogP contribution is -2.46. The molecule has 1 rings (SSSR count). The maximum atomic E-state index is 9.73. The highest BCUT2D eigenvalue weighted by atomic mass is 16.7. The fraction of sp³-hybridized carbons (Fsp3) is 1.00. The number of ether oxygens (including phenoxy) is 1. The predicted molar refractivity (Wildman–Crippen MR) is 56.9 cm³/mol. The summed E-state index contributed by atoms with van der Waals surface area (Å²) in [7, 11) is 0. The summed E-state index contributed by atoms with van der Waals surface area (Å²) in [5.74, 6) is 0. The van der Waals surface area contributed by atoms with Gasteiger partial charge in [0.1, 0.15) is 0 Å². The van der Waals surface area contributed by atoms with E-state index < -0.39 is 0 Å². The van der Waals surface area contributed by atoms with Gasteiger partial charge in [-0.2, -0.15) is 0 Å². The van der Waals surface area contributed by atoms with Crippen LogP contribution in [0.1, 0.15) is 34.1 Å². The largest absolute Gasteiger partial charge is 0.377 e. The van der Waals surface area contributed by atoms with Crippen molar-refractivity contribution in [1.82, 2.24) is 5.01 Å². The molecule has 0 amide bonds. The van der Waals surface area contributed by atoms with Crippen molar-refractivity contribution < 1.29 is 19.8 Å². The van der Waals surface area contributed by atoms with Crippen LogP contribution in [0.25, 0.3) is 0 Å². The van der Waals surface area contributed by atoms with Gasteiger partial charge in [0.25, 0.3) is 10.2 Å². The topological polar surface area (TPSA) is 57.3 Å². The molecule has 0 aromatic heterocycles. The van der Waals surface area contributed by atoms with Crippen LogP contribution in [0.15, 0.2) is 5.28 Å². The van der Waals surface area contributed by atoms with E-state index in [1.54, 1.807) is 5.01 Å². The molecule has 0 unspecified atom stereocenters. The molecule has 0 aliphatic carbocycles. The van der Waals surface area contributed by atoms with Gasteiger partial charge in [-0.05, 0) is 27.7 Å². The van der Waals surface area contributed by atoms with Crippen LogP contribution in [-0.2, 0) is 9.57 Å².